The van der Waals surface area contributed by atoms with Gasteiger partial charge in [0.25, 0.3) is 0 Å². The Morgan fingerprint density at radius 3 is 2.85 bits per heavy atom. The number of nitriles is 1. The molecule has 1 aromatic rings. The molecule has 0 N–H and O–H groups in total. The van der Waals surface area contributed by atoms with Gasteiger partial charge in [-0.3, -0.25) is 4.79 Å². The number of ether oxygens (including phenoxy) is 1. The van der Waals surface area contributed by atoms with E-state index in [2.05, 4.69) is 0 Å². The van der Waals surface area contributed by atoms with E-state index in [4.69, 9.17) is 10.00 Å². The highest BCUT2D eigenvalue weighted by Gasteiger charge is 2.19. The molecule has 0 unspecified atom stereocenters. The maximum absolute atomic E-state index is 13.3. The molecule has 1 amide bonds. The van der Waals surface area contributed by atoms with Crippen molar-refractivity contribution in [2.45, 2.75) is 19.3 Å². The molecular formula is C14H14F2N2O2. The number of nitrogens with zero attached hydrogens (tertiary/aromatic N) is 2. The van der Waals surface area contributed by atoms with E-state index < -0.39 is 11.6 Å². The Morgan fingerprint density at radius 2 is 2.20 bits per heavy atom. The molecule has 2 rings (SSSR count). The number of carbonyl (C=O) groups is 1. The fourth-order valence-corrected chi connectivity index (χ4v) is 2.15. The van der Waals surface area contributed by atoms with Gasteiger partial charge >= 0.3 is 0 Å². The molecule has 0 spiro atoms. The molecule has 0 aromatic heterocycles. The molecule has 0 radical (unpaired) electrons. The van der Waals surface area contributed by atoms with Crippen molar-refractivity contribution < 1.29 is 18.3 Å². The maximum Gasteiger partial charge on any atom is 0.222 e. The second kappa shape index (κ2) is 6.33. The predicted octanol–water partition coefficient (Wildman–Crippen LogP) is 2.23. The summed E-state index contributed by atoms with van der Waals surface area (Å²) in [6.45, 7) is 1.50. The van der Waals surface area contributed by atoms with Gasteiger partial charge < -0.3 is 9.64 Å². The summed E-state index contributed by atoms with van der Waals surface area (Å²) >= 11 is 0. The van der Waals surface area contributed by atoms with Gasteiger partial charge in [-0.15, -0.1) is 0 Å². The summed E-state index contributed by atoms with van der Waals surface area (Å²) in [7, 11) is 0. The summed E-state index contributed by atoms with van der Waals surface area (Å²) in [6.07, 6.45) is 2.00. The monoisotopic (exact) mass is 280 g/mol. The van der Waals surface area contributed by atoms with Crippen molar-refractivity contribution in [2.75, 3.05) is 19.7 Å². The van der Waals surface area contributed by atoms with Crippen molar-refractivity contribution in [2.24, 2.45) is 0 Å². The van der Waals surface area contributed by atoms with Crippen LogP contribution in [0.3, 0.4) is 0 Å². The van der Waals surface area contributed by atoms with Gasteiger partial charge in [-0.2, -0.15) is 5.26 Å². The van der Waals surface area contributed by atoms with E-state index in [0.717, 1.165) is 19.0 Å². The number of amides is 1. The van der Waals surface area contributed by atoms with Gasteiger partial charge in [0.1, 0.15) is 29.0 Å². The molecule has 1 aromatic carbocycles. The van der Waals surface area contributed by atoms with Gasteiger partial charge in [-0.25, -0.2) is 8.78 Å². The van der Waals surface area contributed by atoms with Crippen molar-refractivity contribution in [3.8, 4) is 11.8 Å². The Bertz CT molecular complexity index is 555. The summed E-state index contributed by atoms with van der Waals surface area (Å²) in [5.74, 6) is -1.69. The van der Waals surface area contributed by atoms with Gasteiger partial charge in [0.05, 0.1) is 6.61 Å². The van der Waals surface area contributed by atoms with Crippen LogP contribution in [0.15, 0.2) is 12.1 Å². The van der Waals surface area contributed by atoms with Crippen LogP contribution in [0.1, 0.15) is 24.8 Å². The zero-order chi connectivity index (χ0) is 14.5. The first kappa shape index (κ1) is 14.3. The lowest BCUT2D eigenvalue weighted by atomic mass is 10.2. The number of hydrogen-bond donors (Lipinski definition) is 0. The van der Waals surface area contributed by atoms with Gasteiger partial charge in [-0.05, 0) is 12.8 Å². The van der Waals surface area contributed by atoms with Crippen molar-refractivity contribution >= 4 is 5.91 Å². The van der Waals surface area contributed by atoms with Crippen LogP contribution in [0.4, 0.5) is 8.78 Å². The molecule has 0 atom stereocenters. The Morgan fingerprint density at radius 1 is 1.40 bits per heavy atom. The highest BCUT2D eigenvalue weighted by molar-refractivity contribution is 5.77. The van der Waals surface area contributed by atoms with Crippen LogP contribution in [0, 0.1) is 23.0 Å². The molecule has 20 heavy (non-hydrogen) atoms. The lowest BCUT2D eigenvalue weighted by molar-refractivity contribution is -0.127. The van der Waals surface area contributed by atoms with Crippen LogP contribution in [-0.2, 0) is 4.79 Å². The van der Waals surface area contributed by atoms with E-state index in [9.17, 15) is 13.6 Å². The summed E-state index contributed by atoms with van der Waals surface area (Å²) in [5.41, 5.74) is -0.302. The van der Waals surface area contributed by atoms with E-state index in [1.165, 1.54) is 0 Å². The minimum absolute atomic E-state index is 0.0993. The van der Waals surface area contributed by atoms with E-state index >= 15 is 0 Å². The van der Waals surface area contributed by atoms with Crippen LogP contribution in [0.5, 0.6) is 5.75 Å². The second-order valence-electron chi connectivity index (χ2n) is 4.56. The zero-order valence-electron chi connectivity index (χ0n) is 10.9. The van der Waals surface area contributed by atoms with Crippen LogP contribution in [0.25, 0.3) is 0 Å². The molecule has 0 bridgehead atoms. The third-order valence-electron chi connectivity index (χ3n) is 3.13. The fourth-order valence-electron chi connectivity index (χ4n) is 2.15. The van der Waals surface area contributed by atoms with Crippen molar-refractivity contribution in [1.29, 1.82) is 5.26 Å². The zero-order valence-corrected chi connectivity index (χ0v) is 10.9. The van der Waals surface area contributed by atoms with E-state index in [0.29, 0.717) is 25.5 Å². The molecule has 0 saturated carbocycles. The highest BCUT2D eigenvalue weighted by atomic mass is 19.1. The number of rotatable bonds is 5. The Labute approximate surface area is 115 Å². The molecule has 106 valence electrons. The van der Waals surface area contributed by atoms with Crippen molar-refractivity contribution in [3.63, 3.8) is 0 Å². The first-order chi connectivity index (χ1) is 9.61. The molecule has 6 heteroatoms. The third-order valence-corrected chi connectivity index (χ3v) is 3.13. The minimum atomic E-state index is -0.933. The van der Waals surface area contributed by atoms with Gasteiger partial charge in [-0.1, -0.05) is 0 Å². The average molecular weight is 280 g/mol. The Balaban J connectivity index is 1.88. The topological polar surface area (TPSA) is 53.3 Å². The molecular weight excluding hydrogens is 266 g/mol. The van der Waals surface area contributed by atoms with Crippen molar-refractivity contribution in [3.05, 3.63) is 29.3 Å². The quantitative estimate of drug-likeness (QED) is 0.777. The molecule has 1 aliphatic heterocycles. The average Bonchev–Trinajstić information content (AvgIpc) is 2.80. The lowest BCUT2D eigenvalue weighted by Crippen LogP contribution is -2.26. The number of hydrogen-bond acceptors (Lipinski definition) is 3. The largest absolute Gasteiger partial charge is 0.492 e. The number of likely N-dealkylation sites (tertiary alicyclic amines) is 1. The third kappa shape index (κ3) is 3.23. The smallest absolute Gasteiger partial charge is 0.222 e. The van der Waals surface area contributed by atoms with Crippen LogP contribution in [-0.4, -0.2) is 30.5 Å². The minimum Gasteiger partial charge on any atom is -0.492 e. The van der Waals surface area contributed by atoms with E-state index in [1.807, 2.05) is 0 Å². The molecule has 1 aliphatic rings. The normalized spacial score (nSPS) is 14.4. The van der Waals surface area contributed by atoms with Gasteiger partial charge in [0.15, 0.2) is 0 Å². The Hall–Kier alpha value is -2.16. The van der Waals surface area contributed by atoms with Crippen LogP contribution < -0.4 is 4.74 Å². The highest BCUT2D eigenvalue weighted by Crippen LogP contribution is 2.22. The lowest BCUT2D eigenvalue weighted by Gasteiger charge is -2.15. The summed E-state index contributed by atoms with van der Waals surface area (Å²) in [4.78, 5) is 13.1. The second-order valence-corrected chi connectivity index (χ2v) is 4.56. The Kier molecular flexibility index (Phi) is 4.51. The van der Waals surface area contributed by atoms with E-state index in [-0.39, 0.29) is 23.8 Å². The SMILES string of the molecule is N#Cc1c(F)cc(F)cc1OCCCN1CCCC1=O. The number of carbonyl (C=O) groups excluding carboxylic acids is 1. The van der Waals surface area contributed by atoms with Crippen LogP contribution >= 0.6 is 0 Å². The van der Waals surface area contributed by atoms with E-state index in [1.54, 1.807) is 11.0 Å². The molecule has 1 saturated heterocycles. The molecule has 1 heterocycles. The fraction of sp³-hybridized carbons (Fsp3) is 0.429. The van der Waals surface area contributed by atoms with Gasteiger partial charge in [0.2, 0.25) is 5.91 Å². The summed E-state index contributed by atoms with van der Waals surface area (Å²) in [5, 5.41) is 8.81. The maximum atomic E-state index is 13.3. The molecule has 1 fully saturated rings. The summed E-state index contributed by atoms with van der Waals surface area (Å²) in [6, 6.07) is 3.28. The predicted molar refractivity (Wildman–Crippen MR) is 67.0 cm³/mol. The van der Waals surface area contributed by atoms with Crippen LogP contribution in [0.2, 0.25) is 0 Å². The first-order valence-corrected chi connectivity index (χ1v) is 6.41. The number of halogens is 2. The number of benzene rings is 1. The summed E-state index contributed by atoms with van der Waals surface area (Å²) < 4.78 is 31.6. The molecule has 0 aliphatic carbocycles. The molecule has 4 nitrogen and oxygen atoms in total. The standard InChI is InChI=1S/C14H14F2N2O2/c15-10-7-12(16)11(9-17)13(8-10)20-6-2-5-18-4-1-3-14(18)19/h7-8H,1-6H2. The van der Waals surface area contributed by atoms with Gasteiger partial charge in [0, 0.05) is 31.6 Å². The first-order valence-electron chi connectivity index (χ1n) is 6.41. The van der Waals surface area contributed by atoms with Crippen molar-refractivity contribution in [1.82, 2.24) is 4.90 Å².